The first-order chi connectivity index (χ1) is 23.7. The van der Waals surface area contributed by atoms with Gasteiger partial charge in [-0.05, 0) is 86.9 Å². The Morgan fingerprint density at radius 1 is 0.820 bits per heavy atom. The van der Waals surface area contributed by atoms with Crippen molar-refractivity contribution < 1.29 is 38.1 Å². The molecule has 2 rings (SSSR count). The first-order valence-corrected chi connectivity index (χ1v) is 19.6. The molecule has 290 valence electrons. The molecule has 50 heavy (non-hydrogen) atoms. The fourth-order valence-corrected chi connectivity index (χ4v) is 9.19. The molecule has 1 unspecified atom stereocenters. The molecular formula is C39H71N3O8. The van der Waals surface area contributed by atoms with E-state index in [1.54, 1.807) is 0 Å². The Hall–Kier alpha value is -2.24. The zero-order valence-corrected chi connectivity index (χ0v) is 32.3. The number of ether oxygens (including phenoxy) is 4. The molecule has 0 aromatic carbocycles. The normalized spacial score (nSPS) is 26.7. The van der Waals surface area contributed by atoms with Crippen molar-refractivity contribution in [3.8, 4) is 0 Å². The number of hydrogen-bond donors (Lipinski definition) is 3. The van der Waals surface area contributed by atoms with Crippen LogP contribution in [0.1, 0.15) is 138 Å². The summed E-state index contributed by atoms with van der Waals surface area (Å²) in [4.78, 5) is 51.1. The van der Waals surface area contributed by atoms with E-state index < -0.39 is 5.41 Å². The molecule has 2 aliphatic rings. The predicted molar refractivity (Wildman–Crippen MR) is 194 cm³/mol. The van der Waals surface area contributed by atoms with Crippen molar-refractivity contribution in [2.24, 2.45) is 57.6 Å². The van der Waals surface area contributed by atoms with Gasteiger partial charge in [-0.3, -0.25) is 19.2 Å². The zero-order valence-electron chi connectivity index (χ0n) is 32.3. The largest absolute Gasteiger partial charge is 0.466 e. The molecule has 11 nitrogen and oxygen atoms in total. The summed E-state index contributed by atoms with van der Waals surface area (Å²) in [5, 5.41) is 0. The number of fused-ring (bicyclic) bond motifs is 1. The topological polar surface area (TPSA) is 183 Å². The van der Waals surface area contributed by atoms with E-state index in [0.29, 0.717) is 45.1 Å². The van der Waals surface area contributed by atoms with Gasteiger partial charge in [0.1, 0.15) is 18.3 Å². The van der Waals surface area contributed by atoms with Crippen molar-refractivity contribution in [2.75, 3.05) is 26.2 Å². The van der Waals surface area contributed by atoms with Crippen molar-refractivity contribution in [3.63, 3.8) is 0 Å². The highest BCUT2D eigenvalue weighted by molar-refractivity contribution is 5.71. The maximum atomic E-state index is 13.2. The van der Waals surface area contributed by atoms with Gasteiger partial charge in [-0.15, -0.1) is 0 Å². The minimum Gasteiger partial charge on any atom is -0.466 e. The highest BCUT2D eigenvalue weighted by atomic mass is 16.6. The summed E-state index contributed by atoms with van der Waals surface area (Å²) in [5.74, 6) is -0.556. The number of carbonyl (C=O) groups excluding carboxylic acids is 4. The van der Waals surface area contributed by atoms with Crippen LogP contribution in [-0.2, 0) is 38.1 Å². The summed E-state index contributed by atoms with van der Waals surface area (Å²) < 4.78 is 24.0. The maximum absolute atomic E-state index is 13.2. The lowest BCUT2D eigenvalue weighted by molar-refractivity contribution is -0.196. The molecule has 2 fully saturated rings. The van der Waals surface area contributed by atoms with Gasteiger partial charge in [0, 0.05) is 37.4 Å². The van der Waals surface area contributed by atoms with Crippen molar-refractivity contribution in [1.82, 2.24) is 0 Å². The summed E-state index contributed by atoms with van der Waals surface area (Å²) in [7, 11) is 0. The monoisotopic (exact) mass is 710 g/mol. The second-order valence-corrected chi connectivity index (χ2v) is 15.7. The quantitative estimate of drug-likeness (QED) is 0.0660. The van der Waals surface area contributed by atoms with Gasteiger partial charge in [-0.1, -0.05) is 54.9 Å². The van der Waals surface area contributed by atoms with Gasteiger partial charge in [0.05, 0.1) is 25.9 Å². The molecule has 0 bridgehead atoms. The Labute approximate surface area is 302 Å². The third kappa shape index (κ3) is 11.9. The first kappa shape index (κ1) is 43.9. The Morgan fingerprint density at radius 2 is 1.44 bits per heavy atom. The number of unbranched alkanes of at least 4 members (excludes halogenated alkanes) is 1. The Bertz CT molecular complexity index is 1070. The number of carbonyl (C=O) groups is 4. The Balaban J connectivity index is 2.54. The van der Waals surface area contributed by atoms with E-state index >= 15 is 0 Å². The third-order valence-electron chi connectivity index (χ3n) is 12.0. The molecule has 0 radical (unpaired) electrons. The Kier molecular flexibility index (Phi) is 18.7. The minimum absolute atomic E-state index is 0.00209. The van der Waals surface area contributed by atoms with Crippen molar-refractivity contribution in [1.29, 1.82) is 0 Å². The molecule has 0 aliphatic heterocycles. The zero-order chi connectivity index (χ0) is 37.5. The average Bonchev–Trinajstić information content (AvgIpc) is 3.43. The maximum Gasteiger partial charge on any atom is 0.307 e. The van der Waals surface area contributed by atoms with Gasteiger partial charge in [0.15, 0.2) is 0 Å². The van der Waals surface area contributed by atoms with Crippen LogP contribution in [0.15, 0.2) is 0 Å². The first-order valence-electron chi connectivity index (χ1n) is 19.6. The van der Waals surface area contributed by atoms with E-state index in [1.165, 1.54) is 0 Å². The number of esters is 4. The molecule has 0 heterocycles. The fraction of sp³-hybridized carbons (Fsp3) is 0.897. The lowest BCUT2D eigenvalue weighted by Crippen LogP contribution is -2.58. The van der Waals surface area contributed by atoms with Crippen molar-refractivity contribution in [3.05, 3.63) is 0 Å². The van der Waals surface area contributed by atoms with Crippen LogP contribution in [0.25, 0.3) is 0 Å². The smallest absolute Gasteiger partial charge is 0.307 e. The molecule has 2 aliphatic carbocycles. The predicted octanol–water partition coefficient (Wildman–Crippen LogP) is 5.82. The molecule has 6 N–H and O–H groups in total. The van der Waals surface area contributed by atoms with Gasteiger partial charge < -0.3 is 36.1 Å². The second-order valence-electron chi connectivity index (χ2n) is 15.7. The van der Waals surface area contributed by atoms with Gasteiger partial charge in [-0.25, -0.2) is 0 Å². The van der Waals surface area contributed by atoms with E-state index in [-0.39, 0.29) is 116 Å². The fourth-order valence-electron chi connectivity index (χ4n) is 9.19. The van der Waals surface area contributed by atoms with Crippen molar-refractivity contribution in [2.45, 2.75) is 157 Å². The molecule has 0 aromatic rings. The summed E-state index contributed by atoms with van der Waals surface area (Å²) in [5.41, 5.74) is 16.4. The van der Waals surface area contributed by atoms with Crippen LogP contribution in [0.3, 0.4) is 0 Å². The van der Waals surface area contributed by atoms with Crippen LogP contribution >= 0.6 is 0 Å². The van der Waals surface area contributed by atoms with Crippen LogP contribution < -0.4 is 17.2 Å². The standard InChI is InChI=1S/C39H71N3O8/c1-8-11-24-47-33(43)15-12-26(4)28-13-14-29-37(31(10-3)49-35(45)18-22-41)30(25-32(39(28,29)7)50-36(46)19-23-42)38(5,6)20-16-27(9-2)48-34(44)17-21-40/h26-32,37H,8-25,40-42H2,1-7H3/t26-,27+,28-,29+,30+,31-,32+,37?,39-/m1/s1. The molecule has 0 saturated heterocycles. The molecule has 2 saturated carbocycles. The minimum atomic E-state index is -0.412. The van der Waals surface area contributed by atoms with Crippen LogP contribution in [0.2, 0.25) is 0 Å². The summed E-state index contributed by atoms with van der Waals surface area (Å²) in [6.07, 6.45) is 7.61. The number of hydrogen-bond acceptors (Lipinski definition) is 11. The van der Waals surface area contributed by atoms with Crippen LogP contribution in [0.5, 0.6) is 0 Å². The molecule has 0 aromatic heterocycles. The number of rotatable bonds is 23. The summed E-state index contributed by atoms with van der Waals surface area (Å²) in [6, 6.07) is 0. The highest BCUT2D eigenvalue weighted by Gasteiger charge is 2.64. The van der Waals surface area contributed by atoms with Crippen LogP contribution in [0, 0.1) is 40.4 Å². The summed E-state index contributed by atoms with van der Waals surface area (Å²) in [6.45, 7) is 16.2. The van der Waals surface area contributed by atoms with Gasteiger partial charge in [0.2, 0.25) is 0 Å². The SMILES string of the molecule is CCCCOC(=O)CC[C@@H](C)[C@H]1CC[C@H]2C([C@@H](CC)OC(=O)CCN)[C@@H](C(C)(C)CC[C@H](CC)OC(=O)CCN)C[C@H](OC(=O)CCN)[C@]12C. The van der Waals surface area contributed by atoms with E-state index in [1.807, 2.05) is 6.92 Å². The average molecular weight is 710 g/mol. The highest BCUT2D eigenvalue weighted by Crippen LogP contribution is 2.65. The second kappa shape index (κ2) is 21.3. The van der Waals surface area contributed by atoms with E-state index in [4.69, 9.17) is 36.1 Å². The van der Waals surface area contributed by atoms with Gasteiger partial charge in [-0.2, -0.15) is 0 Å². The van der Waals surface area contributed by atoms with Crippen LogP contribution in [-0.4, -0.2) is 68.4 Å². The molecule has 0 amide bonds. The van der Waals surface area contributed by atoms with E-state index in [0.717, 1.165) is 32.1 Å². The van der Waals surface area contributed by atoms with Gasteiger partial charge >= 0.3 is 23.9 Å². The molecule has 0 spiro atoms. The molecule has 11 heteroatoms. The Morgan fingerprint density at radius 3 is 2.02 bits per heavy atom. The van der Waals surface area contributed by atoms with E-state index in [2.05, 4.69) is 41.5 Å². The lowest BCUT2D eigenvalue weighted by atomic mass is 9.49. The van der Waals surface area contributed by atoms with Gasteiger partial charge in [0.25, 0.3) is 0 Å². The van der Waals surface area contributed by atoms with Crippen LogP contribution in [0.4, 0.5) is 0 Å². The third-order valence-corrected chi connectivity index (χ3v) is 12.0. The summed E-state index contributed by atoms with van der Waals surface area (Å²) >= 11 is 0. The lowest BCUT2D eigenvalue weighted by Gasteiger charge is -2.58. The van der Waals surface area contributed by atoms with E-state index in [9.17, 15) is 19.2 Å². The molecule has 9 atom stereocenters. The van der Waals surface area contributed by atoms with Crippen molar-refractivity contribution >= 4 is 23.9 Å². The molecular weight excluding hydrogens is 638 g/mol. The number of nitrogens with two attached hydrogens (primary N) is 3.